The fourth-order valence-electron chi connectivity index (χ4n) is 2.62. The van der Waals surface area contributed by atoms with Gasteiger partial charge in [-0.2, -0.15) is 0 Å². The summed E-state index contributed by atoms with van der Waals surface area (Å²) in [5.74, 6) is -3.63. The van der Waals surface area contributed by atoms with Crippen molar-refractivity contribution in [2.75, 3.05) is 0 Å². The minimum atomic E-state index is -1.07. The van der Waals surface area contributed by atoms with E-state index in [0.717, 1.165) is 18.3 Å². The summed E-state index contributed by atoms with van der Waals surface area (Å²) < 4.78 is 42.2. The number of nitrogens with zero attached hydrogens (tertiary/aromatic N) is 4. The van der Waals surface area contributed by atoms with E-state index in [4.69, 9.17) is 11.6 Å². The number of aromatic nitrogens is 4. The van der Waals surface area contributed by atoms with Crippen LogP contribution in [0.1, 0.15) is 16.1 Å². The molecular formula is C18H8ClF3N4O. The van der Waals surface area contributed by atoms with Crippen LogP contribution in [0.5, 0.6) is 0 Å². The quantitative estimate of drug-likeness (QED) is 0.496. The number of benzene rings is 1. The summed E-state index contributed by atoms with van der Waals surface area (Å²) in [7, 11) is 0. The fourth-order valence-corrected chi connectivity index (χ4v) is 2.82. The first-order valence-electron chi connectivity index (χ1n) is 7.59. The van der Waals surface area contributed by atoms with Gasteiger partial charge in [-0.3, -0.25) is 14.2 Å². The van der Waals surface area contributed by atoms with Crippen molar-refractivity contribution >= 4 is 23.0 Å². The molecule has 0 aliphatic rings. The third-order valence-electron chi connectivity index (χ3n) is 3.93. The summed E-state index contributed by atoms with van der Waals surface area (Å²) in [5, 5.41) is 0.0919. The zero-order valence-electron chi connectivity index (χ0n) is 13.3. The summed E-state index contributed by atoms with van der Waals surface area (Å²) in [6, 6.07) is 4.30. The number of imidazole rings is 1. The highest BCUT2D eigenvalue weighted by Crippen LogP contribution is 2.24. The van der Waals surface area contributed by atoms with Gasteiger partial charge < -0.3 is 0 Å². The lowest BCUT2D eigenvalue weighted by Gasteiger charge is -2.07. The Morgan fingerprint density at radius 3 is 2.56 bits per heavy atom. The summed E-state index contributed by atoms with van der Waals surface area (Å²) in [6.45, 7) is 0. The molecule has 0 spiro atoms. The van der Waals surface area contributed by atoms with Crippen LogP contribution >= 0.6 is 11.6 Å². The van der Waals surface area contributed by atoms with Gasteiger partial charge in [0.05, 0.1) is 23.7 Å². The van der Waals surface area contributed by atoms with Crippen molar-refractivity contribution in [3.8, 4) is 11.3 Å². The lowest BCUT2D eigenvalue weighted by atomic mass is 10.0. The topological polar surface area (TPSA) is 60.2 Å². The molecule has 0 amide bonds. The van der Waals surface area contributed by atoms with Gasteiger partial charge in [-0.05, 0) is 24.3 Å². The predicted molar refractivity (Wildman–Crippen MR) is 91.0 cm³/mol. The first kappa shape index (κ1) is 17.2. The normalized spacial score (nSPS) is 11.1. The van der Waals surface area contributed by atoms with E-state index in [1.165, 1.54) is 35.1 Å². The molecule has 4 rings (SSSR count). The number of ketones is 1. The van der Waals surface area contributed by atoms with Crippen molar-refractivity contribution in [2.45, 2.75) is 0 Å². The van der Waals surface area contributed by atoms with E-state index in [0.29, 0.717) is 0 Å². The average molecular weight is 389 g/mol. The number of hydrogen-bond donors (Lipinski definition) is 0. The highest BCUT2D eigenvalue weighted by atomic mass is 35.5. The zero-order chi connectivity index (χ0) is 19.1. The molecule has 0 unspecified atom stereocenters. The molecule has 3 aromatic heterocycles. The van der Waals surface area contributed by atoms with Gasteiger partial charge in [0.25, 0.3) is 0 Å². The lowest BCUT2D eigenvalue weighted by Crippen LogP contribution is -2.08. The van der Waals surface area contributed by atoms with E-state index in [1.54, 1.807) is 0 Å². The van der Waals surface area contributed by atoms with Gasteiger partial charge in [0.1, 0.15) is 5.69 Å². The Morgan fingerprint density at radius 1 is 0.963 bits per heavy atom. The molecule has 0 aliphatic carbocycles. The Hall–Kier alpha value is -3.26. The average Bonchev–Trinajstić information content (AvgIpc) is 3.09. The van der Waals surface area contributed by atoms with Crippen LogP contribution in [0.25, 0.3) is 16.9 Å². The van der Waals surface area contributed by atoms with Gasteiger partial charge >= 0.3 is 0 Å². The summed E-state index contributed by atoms with van der Waals surface area (Å²) >= 11 is 5.93. The molecule has 134 valence electrons. The van der Waals surface area contributed by atoms with E-state index < -0.39 is 23.2 Å². The van der Waals surface area contributed by atoms with Crippen LogP contribution in [0.4, 0.5) is 13.2 Å². The van der Waals surface area contributed by atoms with E-state index in [-0.39, 0.29) is 33.3 Å². The molecule has 27 heavy (non-hydrogen) atoms. The predicted octanol–water partition coefficient (Wildman–Crippen LogP) is 4.09. The SMILES string of the molecule is O=C(c1cc(-c2ccc(F)c(F)c2)ncc1F)c1cnc2c(Cl)nccn12. The molecule has 0 aliphatic heterocycles. The smallest absolute Gasteiger partial charge is 0.214 e. The summed E-state index contributed by atoms with van der Waals surface area (Å²) in [6.07, 6.45) is 4.95. The van der Waals surface area contributed by atoms with Crippen LogP contribution in [0.3, 0.4) is 0 Å². The van der Waals surface area contributed by atoms with Gasteiger partial charge in [0.2, 0.25) is 5.78 Å². The Bertz CT molecular complexity index is 1210. The third kappa shape index (κ3) is 2.93. The molecule has 5 nitrogen and oxygen atoms in total. The van der Waals surface area contributed by atoms with E-state index in [9.17, 15) is 18.0 Å². The van der Waals surface area contributed by atoms with Crippen molar-refractivity contribution < 1.29 is 18.0 Å². The number of carbonyl (C=O) groups excluding carboxylic acids is 1. The van der Waals surface area contributed by atoms with Crippen LogP contribution in [0.2, 0.25) is 5.15 Å². The maximum Gasteiger partial charge on any atom is 0.214 e. The van der Waals surface area contributed by atoms with Gasteiger partial charge in [0.15, 0.2) is 28.3 Å². The molecule has 0 bridgehead atoms. The maximum absolute atomic E-state index is 14.3. The minimum Gasteiger partial charge on any atom is -0.293 e. The molecule has 9 heteroatoms. The molecule has 1 aromatic carbocycles. The van der Waals surface area contributed by atoms with E-state index in [1.807, 2.05) is 0 Å². The molecule has 0 saturated heterocycles. The molecule has 0 atom stereocenters. The van der Waals surface area contributed by atoms with Crippen LogP contribution in [0, 0.1) is 17.5 Å². The Balaban J connectivity index is 1.82. The monoisotopic (exact) mass is 388 g/mol. The van der Waals surface area contributed by atoms with Crippen molar-refractivity contribution in [1.29, 1.82) is 0 Å². The Labute approximate surface area is 155 Å². The minimum absolute atomic E-state index is 0.0654. The number of carbonyl (C=O) groups is 1. The van der Waals surface area contributed by atoms with Crippen molar-refractivity contribution in [3.05, 3.63) is 82.9 Å². The van der Waals surface area contributed by atoms with Crippen molar-refractivity contribution in [3.63, 3.8) is 0 Å². The second kappa shape index (κ2) is 6.48. The second-order valence-electron chi connectivity index (χ2n) is 5.56. The van der Waals surface area contributed by atoms with Crippen LogP contribution < -0.4 is 0 Å². The highest BCUT2D eigenvalue weighted by Gasteiger charge is 2.20. The molecule has 0 saturated carbocycles. The van der Waals surface area contributed by atoms with Crippen LogP contribution in [-0.2, 0) is 0 Å². The van der Waals surface area contributed by atoms with Gasteiger partial charge in [-0.1, -0.05) is 11.6 Å². The van der Waals surface area contributed by atoms with Crippen molar-refractivity contribution in [2.24, 2.45) is 0 Å². The Kier molecular flexibility index (Phi) is 4.12. The second-order valence-corrected chi connectivity index (χ2v) is 5.92. The molecule has 0 radical (unpaired) electrons. The molecular weight excluding hydrogens is 381 g/mol. The Morgan fingerprint density at radius 2 is 1.78 bits per heavy atom. The summed E-state index contributed by atoms with van der Waals surface area (Å²) in [5.41, 5.74) is 0.341. The van der Waals surface area contributed by atoms with Gasteiger partial charge in [0, 0.05) is 18.0 Å². The third-order valence-corrected chi connectivity index (χ3v) is 4.20. The number of rotatable bonds is 3. The molecule has 4 aromatic rings. The standard InChI is InChI=1S/C18H8ClF3N4O/c19-17-18-25-8-15(26(18)4-3-23-17)16(27)10-6-14(24-7-13(10)22)9-1-2-11(20)12(21)5-9/h1-8H. The number of fused-ring (bicyclic) bond motifs is 1. The molecule has 3 heterocycles. The zero-order valence-corrected chi connectivity index (χ0v) is 14.1. The number of pyridine rings is 1. The van der Waals surface area contributed by atoms with Gasteiger partial charge in [-0.25, -0.2) is 23.1 Å². The summed E-state index contributed by atoms with van der Waals surface area (Å²) in [4.78, 5) is 24.6. The molecule has 0 N–H and O–H groups in total. The largest absolute Gasteiger partial charge is 0.293 e. The highest BCUT2D eigenvalue weighted by molar-refractivity contribution is 6.32. The fraction of sp³-hybridized carbons (Fsp3) is 0. The first-order valence-corrected chi connectivity index (χ1v) is 7.96. The lowest BCUT2D eigenvalue weighted by molar-refractivity contribution is 0.102. The van der Waals surface area contributed by atoms with E-state index in [2.05, 4.69) is 15.0 Å². The van der Waals surface area contributed by atoms with Crippen LogP contribution in [-0.4, -0.2) is 25.1 Å². The van der Waals surface area contributed by atoms with Crippen LogP contribution in [0.15, 0.2) is 49.1 Å². The van der Waals surface area contributed by atoms with Gasteiger partial charge in [-0.15, -0.1) is 0 Å². The first-order chi connectivity index (χ1) is 13.0. The maximum atomic E-state index is 14.3. The van der Waals surface area contributed by atoms with Crippen molar-refractivity contribution in [1.82, 2.24) is 19.4 Å². The van der Waals surface area contributed by atoms with E-state index >= 15 is 0 Å². The molecule has 0 fully saturated rings. The number of halogens is 4. The number of hydrogen-bond acceptors (Lipinski definition) is 4.